The van der Waals surface area contributed by atoms with Crippen LogP contribution in [-0.2, 0) is 6.18 Å². The Morgan fingerprint density at radius 1 is 1.28 bits per heavy atom. The highest BCUT2D eigenvalue weighted by Crippen LogP contribution is 2.36. The number of hydrogen-bond acceptors (Lipinski definition) is 2. The minimum atomic E-state index is -4.47. The van der Waals surface area contributed by atoms with Crippen molar-refractivity contribution in [2.24, 2.45) is 0 Å². The van der Waals surface area contributed by atoms with E-state index < -0.39 is 11.7 Å². The third-order valence-electron chi connectivity index (χ3n) is 2.31. The standard InChI is InChI=1S/C12H5F3INO/c13-12(14,15)8-4-7(6-17)11(9(16)5-8)10-2-1-3-18-10/h1-5H. The zero-order valence-corrected chi connectivity index (χ0v) is 10.9. The summed E-state index contributed by atoms with van der Waals surface area (Å²) in [6.45, 7) is 0. The van der Waals surface area contributed by atoms with Crippen molar-refractivity contribution in [3.63, 3.8) is 0 Å². The summed E-state index contributed by atoms with van der Waals surface area (Å²) in [7, 11) is 0. The summed E-state index contributed by atoms with van der Waals surface area (Å²) in [5, 5.41) is 8.97. The number of benzene rings is 1. The molecule has 0 N–H and O–H groups in total. The lowest BCUT2D eigenvalue weighted by molar-refractivity contribution is -0.137. The molecule has 0 aliphatic rings. The maximum Gasteiger partial charge on any atom is 0.416 e. The van der Waals surface area contributed by atoms with Crippen molar-refractivity contribution in [3.05, 3.63) is 45.2 Å². The molecule has 0 atom stereocenters. The van der Waals surface area contributed by atoms with Crippen LogP contribution in [0.25, 0.3) is 11.3 Å². The van der Waals surface area contributed by atoms with Crippen LogP contribution in [0.1, 0.15) is 11.1 Å². The summed E-state index contributed by atoms with van der Waals surface area (Å²) in [6, 6.07) is 6.82. The molecule has 0 spiro atoms. The Morgan fingerprint density at radius 3 is 2.50 bits per heavy atom. The van der Waals surface area contributed by atoms with E-state index in [-0.39, 0.29) is 5.56 Å². The van der Waals surface area contributed by atoms with Gasteiger partial charge in [0, 0.05) is 9.13 Å². The molecule has 2 nitrogen and oxygen atoms in total. The molecule has 0 radical (unpaired) electrons. The number of rotatable bonds is 1. The molecule has 0 unspecified atom stereocenters. The lowest BCUT2D eigenvalue weighted by Crippen LogP contribution is -2.06. The summed E-state index contributed by atoms with van der Waals surface area (Å²) in [5.74, 6) is 0.379. The summed E-state index contributed by atoms with van der Waals surface area (Å²) in [5.41, 5.74) is -0.501. The largest absolute Gasteiger partial charge is 0.464 e. The number of nitriles is 1. The molecular weight excluding hydrogens is 358 g/mol. The van der Waals surface area contributed by atoms with Crippen molar-refractivity contribution in [1.29, 1.82) is 5.26 Å². The van der Waals surface area contributed by atoms with Crippen LogP contribution in [0.4, 0.5) is 13.2 Å². The zero-order chi connectivity index (χ0) is 13.3. The molecule has 0 amide bonds. The van der Waals surface area contributed by atoms with Crippen molar-refractivity contribution in [2.45, 2.75) is 6.18 Å². The molecular formula is C12H5F3INO. The third kappa shape index (κ3) is 2.36. The molecule has 0 fully saturated rings. The van der Waals surface area contributed by atoms with E-state index >= 15 is 0 Å². The molecule has 0 bridgehead atoms. The van der Waals surface area contributed by atoms with Crippen LogP contribution in [0, 0.1) is 14.9 Å². The quantitative estimate of drug-likeness (QED) is 0.703. The number of nitrogens with zero attached hydrogens (tertiary/aromatic N) is 1. The highest BCUT2D eigenvalue weighted by molar-refractivity contribution is 14.1. The van der Waals surface area contributed by atoms with Gasteiger partial charge in [0.15, 0.2) is 0 Å². The summed E-state index contributed by atoms with van der Waals surface area (Å²) >= 11 is 1.76. The van der Waals surface area contributed by atoms with E-state index in [0.29, 0.717) is 14.9 Å². The van der Waals surface area contributed by atoms with Crippen LogP contribution in [0.3, 0.4) is 0 Å². The number of halogens is 4. The predicted molar refractivity (Wildman–Crippen MR) is 66.6 cm³/mol. The smallest absolute Gasteiger partial charge is 0.416 e. The molecule has 1 aromatic carbocycles. The Hall–Kier alpha value is -1.49. The first-order valence-electron chi connectivity index (χ1n) is 4.78. The number of alkyl halides is 3. The van der Waals surface area contributed by atoms with E-state index in [1.165, 1.54) is 6.26 Å². The van der Waals surface area contributed by atoms with Crippen LogP contribution in [0.5, 0.6) is 0 Å². The van der Waals surface area contributed by atoms with Gasteiger partial charge in [0.2, 0.25) is 0 Å². The van der Waals surface area contributed by atoms with E-state index in [4.69, 9.17) is 9.68 Å². The van der Waals surface area contributed by atoms with Gasteiger partial charge in [-0.05, 0) is 46.9 Å². The average molecular weight is 363 g/mol. The van der Waals surface area contributed by atoms with Gasteiger partial charge in [-0.1, -0.05) is 0 Å². The lowest BCUT2D eigenvalue weighted by Gasteiger charge is -2.10. The first-order chi connectivity index (χ1) is 8.43. The summed E-state index contributed by atoms with van der Waals surface area (Å²) in [6.07, 6.45) is -3.06. The van der Waals surface area contributed by atoms with Crippen molar-refractivity contribution in [3.8, 4) is 17.4 Å². The maximum absolute atomic E-state index is 12.6. The molecule has 1 aromatic heterocycles. The van der Waals surface area contributed by atoms with E-state index in [1.54, 1.807) is 40.8 Å². The molecule has 2 rings (SSSR count). The summed E-state index contributed by atoms with van der Waals surface area (Å²) < 4.78 is 43.3. The van der Waals surface area contributed by atoms with E-state index in [0.717, 1.165) is 12.1 Å². The second kappa shape index (κ2) is 4.65. The van der Waals surface area contributed by atoms with Crippen molar-refractivity contribution in [2.75, 3.05) is 0 Å². The Bertz CT molecular complexity index is 611. The minimum absolute atomic E-state index is 0.0517. The summed E-state index contributed by atoms with van der Waals surface area (Å²) in [4.78, 5) is 0. The molecule has 0 saturated heterocycles. The van der Waals surface area contributed by atoms with Gasteiger partial charge >= 0.3 is 6.18 Å². The van der Waals surface area contributed by atoms with Gasteiger partial charge in [0.25, 0.3) is 0 Å². The van der Waals surface area contributed by atoms with Crippen LogP contribution < -0.4 is 0 Å². The van der Waals surface area contributed by atoms with E-state index in [1.807, 2.05) is 0 Å². The van der Waals surface area contributed by atoms with Crippen LogP contribution in [0.15, 0.2) is 34.9 Å². The Labute approximate surface area is 114 Å². The average Bonchev–Trinajstić information content (AvgIpc) is 2.79. The molecule has 92 valence electrons. The molecule has 18 heavy (non-hydrogen) atoms. The number of furan rings is 1. The molecule has 0 aliphatic heterocycles. The molecule has 2 aromatic rings. The third-order valence-corrected chi connectivity index (χ3v) is 3.16. The highest BCUT2D eigenvalue weighted by Gasteiger charge is 2.32. The second-order valence-corrected chi connectivity index (χ2v) is 4.63. The fraction of sp³-hybridized carbons (Fsp3) is 0.0833. The van der Waals surface area contributed by atoms with Crippen LogP contribution >= 0.6 is 22.6 Å². The van der Waals surface area contributed by atoms with Crippen molar-refractivity contribution >= 4 is 22.6 Å². The van der Waals surface area contributed by atoms with Gasteiger partial charge < -0.3 is 4.42 Å². The highest BCUT2D eigenvalue weighted by atomic mass is 127. The number of hydrogen-bond donors (Lipinski definition) is 0. The van der Waals surface area contributed by atoms with Gasteiger partial charge in [-0.15, -0.1) is 0 Å². The minimum Gasteiger partial charge on any atom is -0.464 e. The van der Waals surface area contributed by atoms with E-state index in [9.17, 15) is 13.2 Å². The first kappa shape index (κ1) is 13.0. The normalized spacial score (nSPS) is 11.3. The van der Waals surface area contributed by atoms with Gasteiger partial charge in [-0.2, -0.15) is 18.4 Å². The SMILES string of the molecule is N#Cc1cc(C(F)(F)F)cc(I)c1-c1ccco1. The molecule has 0 aliphatic carbocycles. The topological polar surface area (TPSA) is 36.9 Å². The monoisotopic (exact) mass is 363 g/mol. The van der Waals surface area contributed by atoms with Gasteiger partial charge in [-0.3, -0.25) is 0 Å². The second-order valence-electron chi connectivity index (χ2n) is 3.47. The molecule has 6 heteroatoms. The fourth-order valence-electron chi connectivity index (χ4n) is 1.53. The fourth-order valence-corrected chi connectivity index (χ4v) is 2.42. The maximum atomic E-state index is 12.6. The van der Waals surface area contributed by atoms with Gasteiger partial charge in [0.1, 0.15) is 5.76 Å². The van der Waals surface area contributed by atoms with E-state index in [2.05, 4.69) is 0 Å². The first-order valence-corrected chi connectivity index (χ1v) is 5.86. The predicted octanol–water partition coefficient (Wildman–Crippen LogP) is 4.44. The van der Waals surface area contributed by atoms with Crippen LogP contribution in [-0.4, -0.2) is 0 Å². The molecule has 1 heterocycles. The molecule has 0 saturated carbocycles. The zero-order valence-electron chi connectivity index (χ0n) is 8.75. The Kier molecular flexibility index (Phi) is 3.34. The van der Waals surface area contributed by atoms with Gasteiger partial charge in [0.05, 0.1) is 23.5 Å². The van der Waals surface area contributed by atoms with Gasteiger partial charge in [-0.25, -0.2) is 0 Å². The lowest BCUT2D eigenvalue weighted by atomic mass is 10.0. The Morgan fingerprint density at radius 2 is 2.00 bits per heavy atom. The Balaban J connectivity index is 2.67. The van der Waals surface area contributed by atoms with Crippen molar-refractivity contribution < 1.29 is 17.6 Å². The van der Waals surface area contributed by atoms with Crippen molar-refractivity contribution in [1.82, 2.24) is 0 Å². The van der Waals surface area contributed by atoms with Crippen LogP contribution in [0.2, 0.25) is 0 Å².